The van der Waals surface area contributed by atoms with Gasteiger partial charge in [0, 0.05) is 36.9 Å². The monoisotopic (exact) mass is 502 g/mol. The van der Waals surface area contributed by atoms with E-state index >= 15 is 0 Å². The fraction of sp³-hybridized carbons (Fsp3) is 0.355. The van der Waals surface area contributed by atoms with Crippen molar-refractivity contribution >= 4 is 23.6 Å². The standard InChI is InChI=1S/C31H38N2O2S/c1-4-25(3)32-31(35)29(21-26-14-7-5-8-15-26)33(22-28-18-12-11-13-24(28)2)30(34)19-20-36-23-27-16-9-6-10-17-27/h5-18,25,29H,4,19-23H2,1-3H3,(H,32,35)/t25-,29-/m1/s1. The van der Waals surface area contributed by atoms with Crippen LogP contribution in [-0.2, 0) is 28.3 Å². The topological polar surface area (TPSA) is 49.4 Å². The Morgan fingerprint density at radius 1 is 0.889 bits per heavy atom. The Morgan fingerprint density at radius 3 is 2.14 bits per heavy atom. The Bertz CT molecular complexity index is 1090. The third-order valence-electron chi connectivity index (χ3n) is 6.45. The molecule has 0 aromatic heterocycles. The normalized spacial score (nSPS) is 12.5. The van der Waals surface area contributed by atoms with E-state index in [0.717, 1.165) is 28.9 Å². The Morgan fingerprint density at radius 2 is 1.50 bits per heavy atom. The Balaban J connectivity index is 1.81. The highest BCUT2D eigenvalue weighted by Gasteiger charge is 2.31. The smallest absolute Gasteiger partial charge is 0.243 e. The lowest BCUT2D eigenvalue weighted by Gasteiger charge is -2.33. The number of nitrogens with zero attached hydrogens (tertiary/aromatic N) is 1. The molecule has 5 heteroatoms. The molecule has 0 bridgehead atoms. The highest BCUT2D eigenvalue weighted by Crippen LogP contribution is 2.20. The van der Waals surface area contributed by atoms with E-state index < -0.39 is 6.04 Å². The first-order valence-corrected chi connectivity index (χ1v) is 13.9. The van der Waals surface area contributed by atoms with Crippen molar-refractivity contribution in [2.24, 2.45) is 0 Å². The van der Waals surface area contributed by atoms with E-state index in [0.29, 0.717) is 25.1 Å². The van der Waals surface area contributed by atoms with Crippen LogP contribution in [0.1, 0.15) is 48.9 Å². The predicted molar refractivity (Wildman–Crippen MR) is 151 cm³/mol. The quantitative estimate of drug-likeness (QED) is 0.284. The zero-order valence-corrected chi connectivity index (χ0v) is 22.5. The molecule has 0 heterocycles. The lowest BCUT2D eigenvalue weighted by Crippen LogP contribution is -2.52. The summed E-state index contributed by atoms with van der Waals surface area (Å²) in [6.45, 7) is 6.53. The number of thioether (sulfide) groups is 1. The van der Waals surface area contributed by atoms with E-state index in [9.17, 15) is 9.59 Å². The summed E-state index contributed by atoms with van der Waals surface area (Å²) >= 11 is 1.75. The second-order valence-electron chi connectivity index (χ2n) is 9.26. The van der Waals surface area contributed by atoms with Gasteiger partial charge in [-0.05, 0) is 42.5 Å². The molecule has 0 aliphatic carbocycles. The summed E-state index contributed by atoms with van der Waals surface area (Å²) in [5.74, 6) is 1.50. The summed E-state index contributed by atoms with van der Waals surface area (Å²) in [7, 11) is 0. The second kappa shape index (κ2) is 14.5. The van der Waals surface area contributed by atoms with Crippen molar-refractivity contribution in [1.82, 2.24) is 10.2 Å². The van der Waals surface area contributed by atoms with Gasteiger partial charge in [-0.3, -0.25) is 9.59 Å². The fourth-order valence-electron chi connectivity index (χ4n) is 4.03. The first-order chi connectivity index (χ1) is 17.5. The molecule has 1 N–H and O–H groups in total. The van der Waals surface area contributed by atoms with Gasteiger partial charge in [-0.1, -0.05) is 91.9 Å². The molecular formula is C31H38N2O2S. The number of rotatable bonds is 13. The maximum absolute atomic E-state index is 13.7. The molecule has 0 aliphatic heterocycles. The molecule has 0 saturated heterocycles. The molecule has 0 radical (unpaired) electrons. The van der Waals surface area contributed by atoms with Crippen molar-refractivity contribution in [3.05, 3.63) is 107 Å². The van der Waals surface area contributed by atoms with E-state index in [1.807, 2.05) is 73.7 Å². The molecule has 0 saturated carbocycles. The molecule has 0 fully saturated rings. The van der Waals surface area contributed by atoms with Gasteiger partial charge in [-0.15, -0.1) is 0 Å². The van der Waals surface area contributed by atoms with Crippen LogP contribution >= 0.6 is 11.8 Å². The summed E-state index contributed by atoms with van der Waals surface area (Å²) in [4.78, 5) is 29.0. The number of benzene rings is 3. The minimum absolute atomic E-state index is 0.0130. The van der Waals surface area contributed by atoms with Gasteiger partial charge in [0.15, 0.2) is 0 Å². The minimum Gasteiger partial charge on any atom is -0.352 e. The average molecular weight is 503 g/mol. The maximum Gasteiger partial charge on any atom is 0.243 e. The molecule has 2 atom stereocenters. The van der Waals surface area contributed by atoms with Crippen LogP contribution < -0.4 is 5.32 Å². The van der Waals surface area contributed by atoms with Crippen LogP contribution in [0.5, 0.6) is 0 Å². The maximum atomic E-state index is 13.7. The lowest BCUT2D eigenvalue weighted by atomic mass is 10.0. The average Bonchev–Trinajstić information content (AvgIpc) is 2.90. The van der Waals surface area contributed by atoms with Gasteiger partial charge < -0.3 is 10.2 Å². The molecular weight excluding hydrogens is 464 g/mol. The zero-order valence-electron chi connectivity index (χ0n) is 21.7. The molecule has 36 heavy (non-hydrogen) atoms. The van der Waals surface area contributed by atoms with Gasteiger partial charge in [0.05, 0.1) is 0 Å². The molecule has 4 nitrogen and oxygen atoms in total. The lowest BCUT2D eigenvalue weighted by molar-refractivity contribution is -0.141. The molecule has 0 unspecified atom stereocenters. The molecule has 3 aromatic rings. The molecule has 3 aromatic carbocycles. The molecule has 2 amide bonds. The summed E-state index contributed by atoms with van der Waals surface area (Å²) in [6, 6.07) is 27.8. The SMILES string of the molecule is CC[C@@H](C)NC(=O)[C@@H](Cc1ccccc1)N(Cc1ccccc1C)C(=O)CCSCc1ccccc1. The van der Waals surface area contributed by atoms with Gasteiger partial charge in [0.25, 0.3) is 0 Å². The molecule has 190 valence electrons. The van der Waals surface area contributed by atoms with Crippen LogP contribution in [-0.4, -0.2) is 34.6 Å². The van der Waals surface area contributed by atoms with Crippen molar-refractivity contribution in [2.45, 2.75) is 64.4 Å². The third-order valence-corrected chi connectivity index (χ3v) is 7.48. The second-order valence-corrected chi connectivity index (χ2v) is 10.4. The minimum atomic E-state index is -0.576. The van der Waals surface area contributed by atoms with Gasteiger partial charge in [-0.25, -0.2) is 0 Å². The van der Waals surface area contributed by atoms with E-state index in [4.69, 9.17) is 0 Å². The summed E-state index contributed by atoms with van der Waals surface area (Å²) in [5, 5.41) is 3.14. The largest absolute Gasteiger partial charge is 0.352 e. The van der Waals surface area contributed by atoms with E-state index in [1.54, 1.807) is 16.7 Å². The number of hydrogen-bond acceptors (Lipinski definition) is 3. The van der Waals surface area contributed by atoms with Gasteiger partial charge in [0.2, 0.25) is 11.8 Å². The van der Waals surface area contributed by atoms with Gasteiger partial charge in [0.1, 0.15) is 6.04 Å². The van der Waals surface area contributed by atoms with Crippen molar-refractivity contribution in [3.8, 4) is 0 Å². The van der Waals surface area contributed by atoms with Crippen molar-refractivity contribution in [2.75, 3.05) is 5.75 Å². The highest BCUT2D eigenvalue weighted by atomic mass is 32.2. The van der Waals surface area contributed by atoms with Crippen molar-refractivity contribution < 1.29 is 9.59 Å². The summed E-state index contributed by atoms with van der Waals surface area (Å²) < 4.78 is 0. The highest BCUT2D eigenvalue weighted by molar-refractivity contribution is 7.98. The first-order valence-electron chi connectivity index (χ1n) is 12.8. The fourth-order valence-corrected chi connectivity index (χ4v) is 4.92. The number of hydrogen-bond donors (Lipinski definition) is 1. The Labute approximate surface area is 220 Å². The van der Waals surface area contributed by atoms with Crippen LogP contribution in [0.15, 0.2) is 84.9 Å². The van der Waals surface area contributed by atoms with E-state index in [-0.39, 0.29) is 17.9 Å². The molecule has 0 aliphatic rings. The van der Waals surface area contributed by atoms with Crippen LogP contribution in [0, 0.1) is 6.92 Å². The van der Waals surface area contributed by atoms with E-state index in [1.165, 1.54) is 5.56 Å². The summed E-state index contributed by atoms with van der Waals surface area (Å²) in [6.07, 6.45) is 1.72. The van der Waals surface area contributed by atoms with Crippen LogP contribution in [0.25, 0.3) is 0 Å². The third kappa shape index (κ3) is 8.56. The first kappa shape index (κ1) is 27.5. The van der Waals surface area contributed by atoms with Crippen molar-refractivity contribution in [3.63, 3.8) is 0 Å². The molecule has 3 rings (SSSR count). The number of carbonyl (C=O) groups excluding carboxylic acids is 2. The van der Waals surface area contributed by atoms with Crippen LogP contribution in [0.3, 0.4) is 0 Å². The van der Waals surface area contributed by atoms with Gasteiger partial charge >= 0.3 is 0 Å². The van der Waals surface area contributed by atoms with Crippen LogP contribution in [0.4, 0.5) is 0 Å². The predicted octanol–water partition coefficient (Wildman–Crippen LogP) is 6.17. The zero-order chi connectivity index (χ0) is 25.8. The Hall–Kier alpha value is -3.05. The number of carbonyl (C=O) groups is 2. The van der Waals surface area contributed by atoms with E-state index in [2.05, 4.69) is 37.4 Å². The summed E-state index contributed by atoms with van der Waals surface area (Å²) in [5.41, 5.74) is 4.48. The number of amides is 2. The van der Waals surface area contributed by atoms with Crippen molar-refractivity contribution in [1.29, 1.82) is 0 Å². The number of nitrogens with one attached hydrogen (secondary N) is 1. The molecule has 0 spiro atoms. The van der Waals surface area contributed by atoms with Crippen LogP contribution in [0.2, 0.25) is 0 Å². The number of aryl methyl sites for hydroxylation is 1. The van der Waals surface area contributed by atoms with Gasteiger partial charge in [-0.2, -0.15) is 11.8 Å². The Kier molecular flexibility index (Phi) is 11.1.